The fourth-order valence-corrected chi connectivity index (χ4v) is 11.3. The Kier molecular flexibility index (Phi) is 2.02. The summed E-state index contributed by atoms with van der Waals surface area (Å²) in [5.74, 6) is 6.98. The van der Waals surface area contributed by atoms with Crippen LogP contribution in [0.15, 0.2) is 0 Å². The van der Waals surface area contributed by atoms with Gasteiger partial charge >= 0.3 is 0 Å². The first-order valence-electron chi connectivity index (χ1n) is 10.6. The van der Waals surface area contributed by atoms with Gasteiger partial charge in [0.2, 0.25) is 11.6 Å². The van der Waals surface area contributed by atoms with Gasteiger partial charge in [-0.1, -0.05) is 26.7 Å². The van der Waals surface area contributed by atoms with Crippen molar-refractivity contribution in [2.75, 3.05) is 0 Å². The van der Waals surface area contributed by atoms with Gasteiger partial charge in [0.25, 0.3) is 0 Å². The maximum atomic E-state index is 13.6. The zero-order valence-corrected chi connectivity index (χ0v) is 14.8. The van der Waals surface area contributed by atoms with Gasteiger partial charge in [-0.25, -0.2) is 0 Å². The van der Waals surface area contributed by atoms with Crippen LogP contribution in [-0.4, -0.2) is 11.6 Å². The third-order valence-corrected chi connectivity index (χ3v) is 11.2. The van der Waals surface area contributed by atoms with Gasteiger partial charge in [-0.05, 0) is 84.9 Å². The van der Waals surface area contributed by atoms with Gasteiger partial charge < -0.3 is 0 Å². The van der Waals surface area contributed by atoms with Gasteiger partial charge in [-0.3, -0.25) is 9.59 Å². The highest BCUT2D eigenvalue weighted by molar-refractivity contribution is 6.42. The Bertz CT molecular complexity index is 611. The number of hydrogen-bond acceptors (Lipinski definition) is 2. The van der Waals surface area contributed by atoms with Crippen LogP contribution >= 0.6 is 0 Å². The van der Waals surface area contributed by atoms with Crippen molar-refractivity contribution in [2.45, 2.75) is 52.4 Å². The van der Waals surface area contributed by atoms with Crippen molar-refractivity contribution in [1.82, 2.24) is 0 Å². The molecule has 0 spiro atoms. The Morgan fingerprint density at radius 2 is 0.917 bits per heavy atom. The quantitative estimate of drug-likeness (QED) is 0.636. The Labute approximate surface area is 144 Å². The summed E-state index contributed by atoms with van der Waals surface area (Å²) in [5, 5.41) is 0. The lowest BCUT2D eigenvalue weighted by molar-refractivity contribution is -0.155. The molecule has 8 fully saturated rings. The molecule has 8 rings (SSSR count). The second kappa shape index (κ2) is 3.58. The number of carbonyl (C=O) groups is 2. The summed E-state index contributed by atoms with van der Waals surface area (Å²) in [5.41, 5.74) is -0.574. The molecule has 128 valence electrons. The fourth-order valence-electron chi connectivity index (χ4n) is 11.3. The second-order valence-electron chi connectivity index (χ2n) is 11.0. The molecule has 2 nitrogen and oxygen atoms in total. The maximum absolute atomic E-state index is 13.6. The number of hydrogen-bond donors (Lipinski definition) is 0. The van der Waals surface area contributed by atoms with Crippen LogP contribution in [0.25, 0.3) is 0 Å². The van der Waals surface area contributed by atoms with Crippen LogP contribution in [0.4, 0.5) is 0 Å². The summed E-state index contributed by atoms with van der Waals surface area (Å²) in [6.45, 7) is 4.56. The smallest absolute Gasteiger partial charge is 0.205 e. The van der Waals surface area contributed by atoms with Gasteiger partial charge in [0, 0.05) is 10.8 Å². The van der Waals surface area contributed by atoms with E-state index in [-0.39, 0.29) is 22.4 Å². The predicted octanol–water partition coefficient (Wildman–Crippen LogP) is 3.74. The lowest BCUT2D eigenvalue weighted by Gasteiger charge is -2.46. The molecular weight excluding hydrogens is 296 g/mol. The minimum Gasteiger partial charge on any atom is -0.290 e. The van der Waals surface area contributed by atoms with Crippen LogP contribution in [0.5, 0.6) is 0 Å². The molecule has 8 saturated carbocycles. The molecule has 0 aromatic carbocycles. The van der Waals surface area contributed by atoms with Crippen LogP contribution in [0, 0.1) is 70.0 Å². The van der Waals surface area contributed by atoms with E-state index < -0.39 is 0 Å². The normalized spacial score (nSPS) is 70.4. The van der Waals surface area contributed by atoms with Gasteiger partial charge in [0.05, 0.1) is 0 Å². The molecule has 24 heavy (non-hydrogen) atoms. The molecule has 0 aromatic heterocycles. The van der Waals surface area contributed by atoms with Crippen LogP contribution in [0.1, 0.15) is 52.4 Å². The first kappa shape index (κ1) is 13.5. The van der Waals surface area contributed by atoms with Gasteiger partial charge in [0.15, 0.2) is 0 Å². The molecule has 0 N–H and O–H groups in total. The van der Waals surface area contributed by atoms with Crippen LogP contribution in [0.2, 0.25) is 0 Å². The lowest BCUT2D eigenvalue weighted by atomic mass is 9.55. The lowest BCUT2D eigenvalue weighted by Crippen LogP contribution is -2.53. The van der Waals surface area contributed by atoms with E-state index in [4.69, 9.17) is 0 Å². The van der Waals surface area contributed by atoms with E-state index in [1.165, 1.54) is 38.5 Å². The minimum absolute atomic E-state index is 0.0909. The standard InChI is InChI=1S/C22H28O2/c1-21-15-9-5-3-7-11(9)17-13(15)14-16(21)10-6-4-8-12(10)18(14)22(17,2)20(24)19(21)23/h9-18H,3-8H2,1-2H3/t9-,10-,11-,12+,13?,14?,15+,16-,17-,18-,21?,22?/m0/s1. The molecule has 4 unspecified atom stereocenters. The van der Waals surface area contributed by atoms with Crippen molar-refractivity contribution in [3.63, 3.8) is 0 Å². The zero-order chi connectivity index (χ0) is 16.2. The first-order chi connectivity index (χ1) is 11.5. The molecule has 12 atom stereocenters. The van der Waals surface area contributed by atoms with Crippen molar-refractivity contribution >= 4 is 11.6 Å². The number of ketones is 2. The van der Waals surface area contributed by atoms with E-state index >= 15 is 0 Å². The van der Waals surface area contributed by atoms with Crippen LogP contribution in [-0.2, 0) is 9.59 Å². The molecule has 0 radical (unpaired) electrons. The van der Waals surface area contributed by atoms with Crippen LogP contribution < -0.4 is 0 Å². The highest BCUT2D eigenvalue weighted by Crippen LogP contribution is 2.86. The topological polar surface area (TPSA) is 34.1 Å². The third-order valence-electron chi connectivity index (χ3n) is 11.2. The minimum atomic E-state index is -0.287. The molecule has 8 aliphatic rings. The van der Waals surface area contributed by atoms with E-state index in [1.54, 1.807) is 0 Å². The number of rotatable bonds is 0. The first-order valence-corrected chi connectivity index (χ1v) is 10.6. The van der Waals surface area contributed by atoms with Crippen molar-refractivity contribution < 1.29 is 9.59 Å². The Morgan fingerprint density at radius 1 is 0.625 bits per heavy atom. The van der Waals surface area contributed by atoms with Crippen molar-refractivity contribution in [3.8, 4) is 0 Å². The summed E-state index contributed by atoms with van der Waals surface area (Å²) in [7, 11) is 0. The van der Waals surface area contributed by atoms with E-state index in [0.29, 0.717) is 23.7 Å². The Balaban J connectivity index is 1.58. The highest BCUT2D eigenvalue weighted by atomic mass is 16.2. The molecule has 2 heteroatoms. The molecule has 0 amide bonds. The monoisotopic (exact) mass is 324 g/mol. The number of carbonyl (C=O) groups excluding carboxylic acids is 2. The molecular formula is C22H28O2. The second-order valence-corrected chi connectivity index (χ2v) is 11.0. The number of Topliss-reactive ketones (excluding diaryl/α,β-unsaturated/α-hetero) is 2. The Morgan fingerprint density at radius 3 is 1.21 bits per heavy atom. The molecule has 0 heterocycles. The van der Waals surface area contributed by atoms with E-state index in [2.05, 4.69) is 13.8 Å². The summed E-state index contributed by atoms with van der Waals surface area (Å²) in [6, 6.07) is 0. The molecule has 8 bridgehead atoms. The van der Waals surface area contributed by atoms with Gasteiger partial charge in [-0.2, -0.15) is 0 Å². The fraction of sp³-hybridized carbons (Fsp3) is 0.909. The molecule has 0 aliphatic heterocycles. The molecule has 0 aromatic rings. The summed E-state index contributed by atoms with van der Waals surface area (Å²) >= 11 is 0. The van der Waals surface area contributed by atoms with Crippen LogP contribution in [0.3, 0.4) is 0 Å². The predicted molar refractivity (Wildman–Crippen MR) is 88.8 cm³/mol. The average Bonchev–Trinajstić information content (AvgIpc) is 3.29. The van der Waals surface area contributed by atoms with Gasteiger partial charge in [-0.15, -0.1) is 0 Å². The van der Waals surface area contributed by atoms with E-state index in [9.17, 15) is 9.59 Å². The summed E-state index contributed by atoms with van der Waals surface area (Å²) in [4.78, 5) is 27.1. The van der Waals surface area contributed by atoms with Crippen molar-refractivity contribution in [3.05, 3.63) is 0 Å². The zero-order valence-electron chi connectivity index (χ0n) is 14.8. The molecule has 8 aliphatic carbocycles. The summed E-state index contributed by atoms with van der Waals surface area (Å²) < 4.78 is 0. The van der Waals surface area contributed by atoms with E-state index in [1.807, 2.05) is 0 Å². The highest BCUT2D eigenvalue weighted by Gasteiger charge is 2.87. The number of fused-ring (bicyclic) bond motifs is 3. The van der Waals surface area contributed by atoms with E-state index in [0.717, 1.165) is 35.5 Å². The Hall–Kier alpha value is -0.660. The third kappa shape index (κ3) is 0.971. The van der Waals surface area contributed by atoms with Gasteiger partial charge in [0.1, 0.15) is 0 Å². The largest absolute Gasteiger partial charge is 0.290 e. The molecule has 0 saturated heterocycles. The SMILES string of the molecule is CC12C(=O)C(=O)C3(C)[C@@H]4C(C5[C@@H]1[C@H]1CCC[C@@H]1[C@H]53)[C@@H]2[C@@H]1CCC[C@@H]14. The summed E-state index contributed by atoms with van der Waals surface area (Å²) in [6.07, 6.45) is 8.05. The average molecular weight is 324 g/mol. The van der Waals surface area contributed by atoms with Crippen molar-refractivity contribution in [2.24, 2.45) is 70.0 Å². The van der Waals surface area contributed by atoms with Crippen molar-refractivity contribution in [1.29, 1.82) is 0 Å². The maximum Gasteiger partial charge on any atom is 0.205 e.